The van der Waals surface area contributed by atoms with Crippen molar-refractivity contribution < 1.29 is 4.79 Å². The standard InChI is InChI=1S/C17H23N5OS/c23-16(1-7-21-13-19-12-20-21)22(10-14-2-8-24-11-14)15-9-17(15)3-5-18-6-4-17/h2,8,11-13,15,18H,1,3-7,9-10H2. The number of hydrogen-bond donors (Lipinski definition) is 1. The van der Waals surface area contributed by atoms with Gasteiger partial charge in [-0.25, -0.2) is 4.98 Å². The van der Waals surface area contributed by atoms with Crippen LogP contribution < -0.4 is 5.32 Å². The van der Waals surface area contributed by atoms with Crippen molar-refractivity contribution in [3.8, 4) is 0 Å². The zero-order valence-electron chi connectivity index (χ0n) is 13.7. The van der Waals surface area contributed by atoms with E-state index in [1.54, 1.807) is 22.3 Å². The van der Waals surface area contributed by atoms with Crippen LogP contribution in [0, 0.1) is 5.41 Å². The van der Waals surface area contributed by atoms with Gasteiger partial charge in [-0.1, -0.05) is 0 Å². The Bertz CT molecular complexity index is 663. The largest absolute Gasteiger partial charge is 0.335 e. The van der Waals surface area contributed by atoms with Crippen LogP contribution in [0.1, 0.15) is 31.2 Å². The maximum Gasteiger partial charge on any atom is 0.225 e. The first-order valence-corrected chi connectivity index (χ1v) is 9.55. The summed E-state index contributed by atoms with van der Waals surface area (Å²) in [7, 11) is 0. The van der Waals surface area contributed by atoms with Crippen LogP contribution in [0.2, 0.25) is 0 Å². The molecule has 24 heavy (non-hydrogen) atoms. The van der Waals surface area contributed by atoms with E-state index < -0.39 is 0 Å². The smallest absolute Gasteiger partial charge is 0.225 e. The minimum atomic E-state index is 0.233. The molecule has 1 amide bonds. The van der Waals surface area contributed by atoms with E-state index in [0.717, 1.165) is 26.1 Å². The fourth-order valence-corrected chi connectivity index (χ4v) is 4.54. The van der Waals surface area contributed by atoms with Gasteiger partial charge in [-0.15, -0.1) is 0 Å². The topological polar surface area (TPSA) is 63.1 Å². The molecule has 2 aromatic rings. The molecule has 0 aromatic carbocycles. The van der Waals surface area contributed by atoms with Gasteiger partial charge in [-0.05, 0) is 60.2 Å². The van der Waals surface area contributed by atoms with Crippen LogP contribution in [0.5, 0.6) is 0 Å². The van der Waals surface area contributed by atoms with Crippen molar-refractivity contribution in [3.63, 3.8) is 0 Å². The third-order valence-corrected chi connectivity index (χ3v) is 6.13. The molecule has 2 fully saturated rings. The van der Waals surface area contributed by atoms with Crippen LogP contribution in [-0.4, -0.2) is 44.7 Å². The molecule has 4 rings (SSSR count). The summed E-state index contributed by atoms with van der Waals surface area (Å²) in [5.41, 5.74) is 1.61. The molecule has 3 heterocycles. The fraction of sp³-hybridized carbons (Fsp3) is 0.588. The Hall–Kier alpha value is -1.73. The monoisotopic (exact) mass is 345 g/mol. The molecule has 0 radical (unpaired) electrons. The Morgan fingerprint density at radius 2 is 2.33 bits per heavy atom. The molecular weight excluding hydrogens is 322 g/mol. The second kappa shape index (κ2) is 6.64. The van der Waals surface area contributed by atoms with Gasteiger partial charge in [-0.2, -0.15) is 16.4 Å². The fourth-order valence-electron chi connectivity index (χ4n) is 3.88. The number of thiophene rings is 1. The molecule has 1 unspecified atom stereocenters. The zero-order chi connectivity index (χ0) is 16.4. The summed E-state index contributed by atoms with van der Waals surface area (Å²) in [6.07, 6.45) is 7.20. The molecule has 0 bridgehead atoms. The highest BCUT2D eigenvalue weighted by molar-refractivity contribution is 7.07. The lowest BCUT2D eigenvalue weighted by molar-refractivity contribution is -0.133. The predicted octanol–water partition coefficient (Wildman–Crippen LogP) is 1.90. The van der Waals surface area contributed by atoms with Crippen LogP contribution in [-0.2, 0) is 17.9 Å². The Labute approximate surface area is 145 Å². The number of hydrogen-bond acceptors (Lipinski definition) is 5. The van der Waals surface area contributed by atoms with Crippen molar-refractivity contribution in [1.29, 1.82) is 0 Å². The third kappa shape index (κ3) is 3.23. The summed E-state index contributed by atoms with van der Waals surface area (Å²) in [4.78, 5) is 19.0. The molecule has 7 heteroatoms. The number of rotatable bonds is 6. The second-order valence-electron chi connectivity index (χ2n) is 6.89. The van der Waals surface area contributed by atoms with Gasteiger partial charge in [0.1, 0.15) is 12.7 Å². The number of nitrogens with one attached hydrogen (secondary N) is 1. The van der Waals surface area contributed by atoms with Crippen molar-refractivity contribution in [3.05, 3.63) is 35.0 Å². The number of aromatic nitrogens is 3. The van der Waals surface area contributed by atoms with Gasteiger partial charge in [0.25, 0.3) is 0 Å². The normalized spacial score (nSPS) is 21.8. The quantitative estimate of drug-likeness (QED) is 0.869. The molecule has 2 aromatic heterocycles. The van der Waals surface area contributed by atoms with Gasteiger partial charge in [0.15, 0.2) is 0 Å². The molecule has 1 saturated heterocycles. The van der Waals surface area contributed by atoms with Gasteiger partial charge < -0.3 is 10.2 Å². The summed E-state index contributed by atoms with van der Waals surface area (Å²) < 4.78 is 1.73. The minimum absolute atomic E-state index is 0.233. The Kier molecular flexibility index (Phi) is 4.37. The summed E-state index contributed by atoms with van der Waals surface area (Å²) in [5.74, 6) is 0.233. The average molecular weight is 345 g/mol. The van der Waals surface area contributed by atoms with Crippen molar-refractivity contribution in [2.75, 3.05) is 13.1 Å². The van der Waals surface area contributed by atoms with Crippen LogP contribution in [0.3, 0.4) is 0 Å². The van der Waals surface area contributed by atoms with Gasteiger partial charge in [-0.3, -0.25) is 9.48 Å². The first-order valence-electron chi connectivity index (χ1n) is 8.61. The highest BCUT2D eigenvalue weighted by atomic mass is 32.1. The lowest BCUT2D eigenvalue weighted by Gasteiger charge is -2.29. The van der Waals surface area contributed by atoms with Crippen molar-refractivity contribution in [2.45, 2.75) is 44.8 Å². The first kappa shape index (κ1) is 15.8. The van der Waals surface area contributed by atoms with Gasteiger partial charge >= 0.3 is 0 Å². The average Bonchev–Trinajstić information content (AvgIpc) is 3.06. The molecule has 1 saturated carbocycles. The number of piperidine rings is 1. The highest BCUT2D eigenvalue weighted by Gasteiger charge is 2.57. The summed E-state index contributed by atoms with van der Waals surface area (Å²) in [6, 6.07) is 2.53. The Morgan fingerprint density at radius 3 is 3.04 bits per heavy atom. The number of amides is 1. The number of aryl methyl sites for hydroxylation is 1. The molecule has 128 valence electrons. The lowest BCUT2D eigenvalue weighted by atomic mass is 9.93. The van der Waals surface area contributed by atoms with Gasteiger partial charge in [0.2, 0.25) is 5.91 Å². The van der Waals surface area contributed by atoms with Crippen LogP contribution >= 0.6 is 11.3 Å². The molecule has 1 aliphatic heterocycles. The van der Waals surface area contributed by atoms with E-state index in [1.165, 1.54) is 24.7 Å². The van der Waals surface area contributed by atoms with Crippen LogP contribution in [0.15, 0.2) is 29.5 Å². The summed E-state index contributed by atoms with van der Waals surface area (Å²) in [6.45, 7) is 3.49. The van der Waals surface area contributed by atoms with Crippen LogP contribution in [0.25, 0.3) is 0 Å². The maximum atomic E-state index is 12.9. The molecule has 2 aliphatic rings. The molecule has 1 aliphatic carbocycles. The molecular formula is C17H23N5OS. The second-order valence-corrected chi connectivity index (χ2v) is 7.67. The SMILES string of the molecule is O=C(CCn1cncn1)N(Cc1ccsc1)C1CC12CCNCC2. The zero-order valence-corrected chi connectivity index (χ0v) is 14.5. The van der Waals surface area contributed by atoms with E-state index in [0.29, 0.717) is 24.4 Å². The number of carbonyl (C=O) groups excluding carboxylic acids is 1. The van der Waals surface area contributed by atoms with E-state index >= 15 is 0 Å². The van der Waals surface area contributed by atoms with E-state index in [9.17, 15) is 4.79 Å². The molecule has 1 atom stereocenters. The number of nitrogens with zero attached hydrogens (tertiary/aromatic N) is 4. The first-order chi connectivity index (χ1) is 11.8. The van der Waals surface area contributed by atoms with E-state index in [4.69, 9.17) is 0 Å². The number of carbonyl (C=O) groups is 1. The predicted molar refractivity (Wildman–Crippen MR) is 92.4 cm³/mol. The van der Waals surface area contributed by atoms with E-state index in [-0.39, 0.29) is 5.91 Å². The van der Waals surface area contributed by atoms with E-state index in [1.807, 2.05) is 0 Å². The molecule has 1 spiro atoms. The summed E-state index contributed by atoms with van der Waals surface area (Å²) in [5, 5.41) is 11.8. The summed E-state index contributed by atoms with van der Waals surface area (Å²) >= 11 is 1.69. The lowest BCUT2D eigenvalue weighted by Crippen LogP contribution is -2.39. The Balaban J connectivity index is 1.44. The van der Waals surface area contributed by atoms with Crippen molar-refractivity contribution >= 4 is 17.2 Å². The van der Waals surface area contributed by atoms with E-state index in [2.05, 4.69) is 37.1 Å². The Morgan fingerprint density at radius 1 is 1.46 bits per heavy atom. The minimum Gasteiger partial charge on any atom is -0.335 e. The third-order valence-electron chi connectivity index (χ3n) is 5.40. The molecule has 6 nitrogen and oxygen atoms in total. The van der Waals surface area contributed by atoms with Crippen molar-refractivity contribution in [2.24, 2.45) is 5.41 Å². The van der Waals surface area contributed by atoms with Crippen LogP contribution in [0.4, 0.5) is 0 Å². The van der Waals surface area contributed by atoms with Crippen molar-refractivity contribution in [1.82, 2.24) is 25.0 Å². The maximum absolute atomic E-state index is 12.9. The van der Waals surface area contributed by atoms with Gasteiger partial charge in [0, 0.05) is 19.0 Å². The van der Waals surface area contributed by atoms with Gasteiger partial charge in [0.05, 0.1) is 6.54 Å². The highest BCUT2D eigenvalue weighted by Crippen LogP contribution is 2.56. The molecule has 1 N–H and O–H groups in total.